The Morgan fingerprint density at radius 3 is 2.65 bits per heavy atom. The second-order valence-electron chi connectivity index (χ2n) is 5.02. The Morgan fingerprint density at radius 2 is 1.94 bits per heavy atom. The normalized spacial score (nSPS) is 12.2. The van der Waals surface area contributed by atoms with Gasteiger partial charge in [0.15, 0.2) is 0 Å². The molecule has 0 unspecified atom stereocenters. The predicted molar refractivity (Wildman–Crippen MR) is 74.1 cm³/mol. The molecule has 2 heteroatoms. The maximum atomic E-state index is 3.66. The zero-order valence-electron chi connectivity index (χ0n) is 11.0. The van der Waals surface area contributed by atoms with E-state index in [1.807, 2.05) is 6.20 Å². The summed E-state index contributed by atoms with van der Waals surface area (Å²) in [6.07, 6.45) is 4.32. The molecule has 0 bridgehead atoms. The summed E-state index contributed by atoms with van der Waals surface area (Å²) in [5.74, 6) is 0. The van der Waals surface area contributed by atoms with Gasteiger partial charge in [-0.2, -0.15) is 0 Å². The highest BCUT2D eigenvalue weighted by Gasteiger charge is 2.17. The van der Waals surface area contributed by atoms with E-state index in [0.29, 0.717) is 0 Å². The van der Waals surface area contributed by atoms with Crippen molar-refractivity contribution in [3.05, 3.63) is 36.0 Å². The average Bonchev–Trinajstić information content (AvgIpc) is 2.83. The minimum Gasteiger partial charge on any atom is -0.361 e. The Kier molecular flexibility index (Phi) is 3.53. The van der Waals surface area contributed by atoms with E-state index in [4.69, 9.17) is 0 Å². The lowest BCUT2D eigenvalue weighted by Gasteiger charge is -2.28. The zero-order chi connectivity index (χ0) is 12.3. The van der Waals surface area contributed by atoms with Crippen molar-refractivity contribution in [3.63, 3.8) is 0 Å². The molecule has 2 nitrogen and oxygen atoms in total. The van der Waals surface area contributed by atoms with Crippen molar-refractivity contribution < 1.29 is 0 Å². The van der Waals surface area contributed by atoms with Gasteiger partial charge < -0.3 is 10.3 Å². The zero-order valence-corrected chi connectivity index (χ0v) is 11.0. The van der Waals surface area contributed by atoms with Crippen LogP contribution in [0.25, 0.3) is 10.9 Å². The van der Waals surface area contributed by atoms with Crippen LogP contribution >= 0.6 is 0 Å². The van der Waals surface area contributed by atoms with Gasteiger partial charge in [0.25, 0.3) is 0 Å². The third-order valence-electron chi connectivity index (χ3n) is 3.90. The molecule has 0 aliphatic heterocycles. The van der Waals surface area contributed by atoms with Crippen LogP contribution in [0.5, 0.6) is 0 Å². The van der Waals surface area contributed by atoms with Gasteiger partial charge in [-0.25, -0.2) is 0 Å². The second kappa shape index (κ2) is 4.92. The van der Waals surface area contributed by atoms with Gasteiger partial charge in [0.05, 0.1) is 0 Å². The molecule has 0 fully saturated rings. The van der Waals surface area contributed by atoms with Crippen LogP contribution in [0, 0.1) is 0 Å². The van der Waals surface area contributed by atoms with Crippen molar-refractivity contribution in [2.24, 2.45) is 0 Å². The fourth-order valence-electron chi connectivity index (χ4n) is 2.03. The van der Waals surface area contributed by atoms with Crippen molar-refractivity contribution in [1.29, 1.82) is 0 Å². The summed E-state index contributed by atoms with van der Waals surface area (Å²) in [4.78, 5) is 3.22. The summed E-state index contributed by atoms with van der Waals surface area (Å²) in [5, 5.41) is 4.95. The van der Waals surface area contributed by atoms with Crippen molar-refractivity contribution in [2.75, 3.05) is 0 Å². The first-order chi connectivity index (χ1) is 8.17. The molecule has 0 saturated carbocycles. The van der Waals surface area contributed by atoms with Gasteiger partial charge in [-0.05, 0) is 48.9 Å². The monoisotopic (exact) mass is 230 g/mol. The maximum Gasteiger partial charge on any atom is 0.0454 e. The average molecular weight is 230 g/mol. The Balaban J connectivity index is 2.08. The minimum atomic E-state index is 0.257. The van der Waals surface area contributed by atoms with E-state index in [1.54, 1.807) is 0 Å². The van der Waals surface area contributed by atoms with E-state index < -0.39 is 0 Å². The van der Waals surface area contributed by atoms with Gasteiger partial charge in [0.1, 0.15) is 0 Å². The molecule has 0 amide bonds. The van der Waals surface area contributed by atoms with E-state index in [9.17, 15) is 0 Å². The Labute approximate surface area is 103 Å². The smallest absolute Gasteiger partial charge is 0.0454 e. The van der Waals surface area contributed by atoms with Gasteiger partial charge in [0, 0.05) is 23.8 Å². The number of hydrogen-bond acceptors (Lipinski definition) is 1. The van der Waals surface area contributed by atoms with Crippen LogP contribution in [0.1, 0.15) is 39.2 Å². The van der Waals surface area contributed by atoms with Crippen molar-refractivity contribution in [1.82, 2.24) is 10.3 Å². The van der Waals surface area contributed by atoms with Crippen LogP contribution in [-0.2, 0) is 6.54 Å². The minimum absolute atomic E-state index is 0.257. The topological polar surface area (TPSA) is 27.8 Å². The molecule has 2 rings (SSSR count). The van der Waals surface area contributed by atoms with Gasteiger partial charge >= 0.3 is 0 Å². The summed E-state index contributed by atoms with van der Waals surface area (Å²) >= 11 is 0. The lowest BCUT2D eigenvalue weighted by Crippen LogP contribution is -2.40. The van der Waals surface area contributed by atoms with E-state index >= 15 is 0 Å². The van der Waals surface area contributed by atoms with Crippen molar-refractivity contribution in [2.45, 2.75) is 45.7 Å². The third kappa shape index (κ3) is 2.70. The predicted octanol–water partition coefficient (Wildman–Crippen LogP) is 3.84. The Morgan fingerprint density at radius 1 is 1.18 bits per heavy atom. The molecule has 0 aliphatic carbocycles. The van der Waals surface area contributed by atoms with Crippen LogP contribution in [0.15, 0.2) is 30.5 Å². The maximum absolute atomic E-state index is 3.66. The number of nitrogens with one attached hydrogen (secondary N) is 2. The summed E-state index contributed by atoms with van der Waals surface area (Å²) in [5.41, 5.74) is 2.82. The first kappa shape index (κ1) is 12.2. The number of fused-ring (bicyclic) bond motifs is 1. The molecular formula is C15H22N2. The lowest BCUT2D eigenvalue weighted by molar-refractivity contribution is 0.329. The number of hydrogen-bond donors (Lipinski definition) is 2. The highest BCUT2D eigenvalue weighted by molar-refractivity contribution is 5.79. The molecule has 0 saturated heterocycles. The van der Waals surface area contributed by atoms with Gasteiger partial charge in [-0.15, -0.1) is 0 Å². The summed E-state index contributed by atoms with van der Waals surface area (Å²) in [6, 6.07) is 8.72. The third-order valence-corrected chi connectivity index (χ3v) is 3.90. The summed E-state index contributed by atoms with van der Waals surface area (Å²) in [6.45, 7) is 7.72. The SMILES string of the molecule is CCC(C)(CC)NCc1ccc2[nH]ccc2c1. The highest BCUT2D eigenvalue weighted by Crippen LogP contribution is 2.17. The molecule has 0 spiro atoms. The molecule has 1 heterocycles. The molecule has 1 aromatic carbocycles. The lowest BCUT2D eigenvalue weighted by atomic mass is 9.95. The molecule has 0 radical (unpaired) electrons. The Hall–Kier alpha value is -1.28. The Bertz CT molecular complexity index is 480. The quantitative estimate of drug-likeness (QED) is 0.802. The van der Waals surface area contributed by atoms with E-state index in [1.165, 1.54) is 16.5 Å². The highest BCUT2D eigenvalue weighted by atomic mass is 15.0. The summed E-state index contributed by atoms with van der Waals surface area (Å²) in [7, 11) is 0. The second-order valence-corrected chi connectivity index (χ2v) is 5.02. The van der Waals surface area contributed by atoms with Gasteiger partial charge in [0.2, 0.25) is 0 Å². The molecular weight excluding hydrogens is 208 g/mol. The molecule has 0 aliphatic rings. The first-order valence-corrected chi connectivity index (χ1v) is 6.48. The van der Waals surface area contributed by atoms with Crippen LogP contribution in [0.3, 0.4) is 0 Å². The van der Waals surface area contributed by atoms with Crippen molar-refractivity contribution in [3.8, 4) is 0 Å². The number of aromatic amines is 1. The van der Waals surface area contributed by atoms with Crippen LogP contribution in [-0.4, -0.2) is 10.5 Å². The van der Waals surface area contributed by atoms with E-state index in [2.05, 4.69) is 55.3 Å². The van der Waals surface area contributed by atoms with E-state index in [0.717, 1.165) is 19.4 Å². The molecule has 1 aromatic heterocycles. The van der Waals surface area contributed by atoms with Crippen LogP contribution in [0.4, 0.5) is 0 Å². The number of rotatable bonds is 5. The molecule has 0 atom stereocenters. The fraction of sp³-hybridized carbons (Fsp3) is 0.467. The van der Waals surface area contributed by atoms with Gasteiger partial charge in [-0.1, -0.05) is 19.9 Å². The van der Waals surface area contributed by atoms with Crippen LogP contribution < -0.4 is 5.32 Å². The molecule has 17 heavy (non-hydrogen) atoms. The largest absolute Gasteiger partial charge is 0.361 e. The van der Waals surface area contributed by atoms with Crippen molar-refractivity contribution >= 4 is 10.9 Å². The molecule has 2 aromatic rings. The number of aromatic nitrogens is 1. The number of benzene rings is 1. The standard InChI is InChI=1S/C15H22N2/c1-4-15(3,5-2)17-11-12-6-7-14-13(10-12)8-9-16-14/h6-10,16-17H,4-5,11H2,1-3H3. The van der Waals surface area contributed by atoms with Gasteiger partial charge in [-0.3, -0.25) is 0 Å². The summed E-state index contributed by atoms with van der Waals surface area (Å²) < 4.78 is 0. The number of H-pyrrole nitrogens is 1. The fourth-order valence-corrected chi connectivity index (χ4v) is 2.03. The van der Waals surface area contributed by atoms with Crippen LogP contribution in [0.2, 0.25) is 0 Å². The first-order valence-electron chi connectivity index (χ1n) is 6.48. The van der Waals surface area contributed by atoms with E-state index in [-0.39, 0.29) is 5.54 Å². The molecule has 2 N–H and O–H groups in total. The molecule has 92 valence electrons.